The summed E-state index contributed by atoms with van der Waals surface area (Å²) in [6, 6.07) is 1.52. The molecule has 0 radical (unpaired) electrons. The number of ether oxygens (including phenoxy) is 1. The Morgan fingerprint density at radius 2 is 2.50 bits per heavy atom. The topological polar surface area (TPSA) is 90.4 Å². The monoisotopic (exact) mass is 223 g/mol. The molecule has 0 aromatic carbocycles. The molecule has 2 rings (SSSR count). The highest BCUT2D eigenvalue weighted by Crippen LogP contribution is 2.31. The number of hydrogen-bond acceptors (Lipinski definition) is 5. The Kier molecular flexibility index (Phi) is 2.76. The zero-order valence-corrected chi connectivity index (χ0v) is 8.67. The summed E-state index contributed by atoms with van der Waals surface area (Å²) in [7, 11) is 0. The number of aliphatic hydroxyl groups is 1. The van der Waals surface area contributed by atoms with Crippen LogP contribution in [-0.4, -0.2) is 27.4 Å². The maximum absolute atomic E-state index is 11.6. The molecule has 1 aromatic heterocycles. The average Bonchev–Trinajstić information content (AvgIpc) is 2.60. The van der Waals surface area contributed by atoms with Crippen LogP contribution in [0.3, 0.4) is 0 Å². The van der Waals surface area contributed by atoms with Crippen molar-refractivity contribution in [2.75, 3.05) is 12.3 Å². The van der Waals surface area contributed by atoms with Crippen LogP contribution < -0.4 is 11.4 Å². The minimum Gasteiger partial charge on any atom is -0.394 e. The van der Waals surface area contributed by atoms with Gasteiger partial charge in [0.05, 0.1) is 12.7 Å². The molecule has 0 bridgehead atoms. The van der Waals surface area contributed by atoms with E-state index in [-0.39, 0.29) is 18.5 Å². The molecule has 1 aliphatic rings. The lowest BCUT2D eigenvalue weighted by atomic mass is 10.2. The van der Waals surface area contributed by atoms with Crippen LogP contribution in [-0.2, 0) is 4.74 Å². The van der Waals surface area contributed by atoms with E-state index in [1.54, 1.807) is 0 Å². The summed E-state index contributed by atoms with van der Waals surface area (Å²) in [5.41, 5.74) is 5.65. The second-order valence-electron chi connectivity index (χ2n) is 3.70. The van der Waals surface area contributed by atoms with Gasteiger partial charge in [-0.05, 0) is 11.6 Å². The number of nitrogens with zero attached hydrogens (tertiary/aromatic N) is 2. The molecule has 2 unspecified atom stereocenters. The van der Waals surface area contributed by atoms with E-state index in [1.165, 1.54) is 16.8 Å². The summed E-state index contributed by atoms with van der Waals surface area (Å²) in [5, 5.41) is 8.97. The Hall–Kier alpha value is -1.66. The SMILES string of the molecule is C=C1CC(CO)OC1n1ccc(N)nc1=O. The predicted molar refractivity (Wildman–Crippen MR) is 57.7 cm³/mol. The summed E-state index contributed by atoms with van der Waals surface area (Å²) in [5.74, 6) is 0.170. The van der Waals surface area contributed by atoms with Crippen molar-refractivity contribution in [3.05, 3.63) is 34.9 Å². The van der Waals surface area contributed by atoms with Crippen LogP contribution in [0.1, 0.15) is 12.6 Å². The van der Waals surface area contributed by atoms with E-state index >= 15 is 0 Å². The van der Waals surface area contributed by atoms with Gasteiger partial charge in [0.2, 0.25) is 0 Å². The number of nitrogen functional groups attached to an aromatic ring is 1. The summed E-state index contributed by atoms with van der Waals surface area (Å²) < 4.78 is 6.78. The molecular formula is C10H13N3O3. The number of rotatable bonds is 2. The molecule has 2 heterocycles. The van der Waals surface area contributed by atoms with Gasteiger partial charge in [-0.3, -0.25) is 4.57 Å². The lowest BCUT2D eigenvalue weighted by Crippen LogP contribution is -2.28. The molecule has 1 fully saturated rings. The summed E-state index contributed by atoms with van der Waals surface area (Å²) in [6.45, 7) is 3.73. The van der Waals surface area contributed by atoms with Crippen molar-refractivity contribution in [3.8, 4) is 0 Å². The normalized spacial score (nSPS) is 24.9. The van der Waals surface area contributed by atoms with Crippen molar-refractivity contribution in [3.63, 3.8) is 0 Å². The fraction of sp³-hybridized carbons (Fsp3) is 0.400. The van der Waals surface area contributed by atoms with Crippen molar-refractivity contribution >= 4 is 5.82 Å². The Labute approximate surface area is 92.0 Å². The highest BCUT2D eigenvalue weighted by Gasteiger charge is 2.30. The van der Waals surface area contributed by atoms with Crippen LogP contribution in [0.5, 0.6) is 0 Å². The van der Waals surface area contributed by atoms with Gasteiger partial charge in [-0.15, -0.1) is 0 Å². The number of aliphatic hydroxyl groups excluding tert-OH is 1. The van der Waals surface area contributed by atoms with Gasteiger partial charge in [-0.1, -0.05) is 6.58 Å². The lowest BCUT2D eigenvalue weighted by Gasteiger charge is -2.14. The zero-order valence-electron chi connectivity index (χ0n) is 8.67. The van der Waals surface area contributed by atoms with Crippen molar-refractivity contribution in [2.45, 2.75) is 18.8 Å². The predicted octanol–water partition coefficient (Wildman–Crippen LogP) is -0.338. The first-order valence-corrected chi connectivity index (χ1v) is 4.90. The fourth-order valence-corrected chi connectivity index (χ4v) is 1.69. The molecule has 0 spiro atoms. The molecule has 1 saturated heterocycles. The largest absolute Gasteiger partial charge is 0.394 e. The van der Waals surface area contributed by atoms with Gasteiger partial charge in [0.1, 0.15) is 5.82 Å². The zero-order chi connectivity index (χ0) is 11.7. The Balaban J connectivity index is 2.31. The standard InChI is InChI=1S/C10H13N3O3/c1-6-4-7(5-14)16-9(6)13-3-2-8(11)12-10(13)15/h2-3,7,9,14H,1,4-5H2,(H2,11,12,15). The summed E-state index contributed by atoms with van der Waals surface area (Å²) in [6.07, 6.45) is 1.19. The second kappa shape index (κ2) is 4.07. The summed E-state index contributed by atoms with van der Waals surface area (Å²) in [4.78, 5) is 15.2. The highest BCUT2D eigenvalue weighted by molar-refractivity contribution is 5.24. The van der Waals surface area contributed by atoms with Crippen molar-refractivity contribution < 1.29 is 9.84 Å². The lowest BCUT2D eigenvalue weighted by molar-refractivity contribution is -0.0168. The van der Waals surface area contributed by atoms with Crippen molar-refractivity contribution in [2.24, 2.45) is 0 Å². The van der Waals surface area contributed by atoms with Gasteiger partial charge >= 0.3 is 5.69 Å². The molecule has 2 atom stereocenters. The quantitative estimate of drug-likeness (QED) is 0.669. The molecule has 16 heavy (non-hydrogen) atoms. The minimum absolute atomic E-state index is 0.0906. The number of anilines is 1. The van der Waals surface area contributed by atoms with E-state index in [4.69, 9.17) is 15.6 Å². The Bertz CT molecular complexity index is 469. The molecule has 0 aliphatic carbocycles. The fourth-order valence-electron chi connectivity index (χ4n) is 1.69. The average molecular weight is 223 g/mol. The second-order valence-corrected chi connectivity index (χ2v) is 3.70. The van der Waals surface area contributed by atoms with Crippen LogP contribution in [0, 0.1) is 0 Å². The molecule has 86 valence electrons. The van der Waals surface area contributed by atoms with Crippen LogP contribution in [0.4, 0.5) is 5.82 Å². The Morgan fingerprint density at radius 3 is 3.06 bits per heavy atom. The smallest absolute Gasteiger partial charge is 0.351 e. The van der Waals surface area contributed by atoms with Crippen molar-refractivity contribution in [1.82, 2.24) is 9.55 Å². The van der Waals surface area contributed by atoms with Crippen LogP contribution in [0.25, 0.3) is 0 Å². The van der Waals surface area contributed by atoms with E-state index < -0.39 is 11.9 Å². The molecule has 6 heteroatoms. The molecule has 6 nitrogen and oxygen atoms in total. The van der Waals surface area contributed by atoms with E-state index in [0.717, 1.165) is 5.57 Å². The van der Waals surface area contributed by atoms with Gasteiger partial charge in [0.25, 0.3) is 0 Å². The highest BCUT2D eigenvalue weighted by atomic mass is 16.5. The first kappa shape index (κ1) is 10.8. The van der Waals surface area contributed by atoms with E-state index in [0.29, 0.717) is 6.42 Å². The first-order valence-electron chi connectivity index (χ1n) is 4.90. The third kappa shape index (κ3) is 1.84. The molecule has 1 aliphatic heterocycles. The Morgan fingerprint density at radius 1 is 1.75 bits per heavy atom. The third-order valence-electron chi connectivity index (χ3n) is 2.47. The van der Waals surface area contributed by atoms with Gasteiger partial charge in [0.15, 0.2) is 6.23 Å². The molecule has 0 amide bonds. The molecule has 3 N–H and O–H groups in total. The molecule has 1 aromatic rings. The van der Waals surface area contributed by atoms with Crippen molar-refractivity contribution in [1.29, 1.82) is 0 Å². The molecular weight excluding hydrogens is 210 g/mol. The number of nitrogens with two attached hydrogens (primary N) is 1. The maximum Gasteiger partial charge on any atom is 0.351 e. The first-order chi connectivity index (χ1) is 7.61. The minimum atomic E-state index is -0.558. The maximum atomic E-state index is 11.6. The van der Waals surface area contributed by atoms with E-state index in [9.17, 15) is 4.79 Å². The van der Waals surface area contributed by atoms with Crippen LogP contribution >= 0.6 is 0 Å². The van der Waals surface area contributed by atoms with Gasteiger partial charge < -0.3 is 15.6 Å². The molecule has 0 saturated carbocycles. The number of aromatic nitrogens is 2. The van der Waals surface area contributed by atoms with E-state index in [2.05, 4.69) is 11.6 Å². The van der Waals surface area contributed by atoms with Crippen LogP contribution in [0.2, 0.25) is 0 Å². The third-order valence-corrected chi connectivity index (χ3v) is 2.47. The number of hydrogen-bond donors (Lipinski definition) is 2. The van der Waals surface area contributed by atoms with Gasteiger partial charge in [0, 0.05) is 12.6 Å². The van der Waals surface area contributed by atoms with Gasteiger partial charge in [-0.2, -0.15) is 4.98 Å². The van der Waals surface area contributed by atoms with Gasteiger partial charge in [-0.25, -0.2) is 4.79 Å². The van der Waals surface area contributed by atoms with Crippen LogP contribution in [0.15, 0.2) is 29.2 Å². The summed E-state index contributed by atoms with van der Waals surface area (Å²) >= 11 is 0. The van der Waals surface area contributed by atoms with E-state index in [1.807, 2.05) is 0 Å².